The zero-order chi connectivity index (χ0) is 34.0. The maximum Gasteiger partial charge on any atom is 0.243 e. The average molecular weight is 693 g/mol. The molecule has 0 unspecified atom stereocenters. The Morgan fingerprint density at radius 1 is 1.10 bits per heavy atom. The number of rotatable bonds is 15. The zero-order valence-corrected chi connectivity index (χ0v) is 28.9. The van der Waals surface area contributed by atoms with E-state index in [-0.39, 0.29) is 18.4 Å². The van der Waals surface area contributed by atoms with Gasteiger partial charge in [-0.25, -0.2) is 4.98 Å². The van der Waals surface area contributed by atoms with Crippen molar-refractivity contribution < 1.29 is 14.3 Å². The number of pyridine rings is 1. The van der Waals surface area contributed by atoms with Gasteiger partial charge in [0.15, 0.2) is 0 Å². The topological polar surface area (TPSA) is 169 Å². The van der Waals surface area contributed by atoms with Crippen LogP contribution in [0.25, 0.3) is 10.9 Å². The molecule has 3 heterocycles. The number of fused-ring (bicyclic) bond motifs is 1. The molecule has 0 saturated carbocycles. The Bertz CT molecular complexity index is 1700. The number of unbranched alkanes of at least 4 members (excludes halogenated alkanes) is 1. The number of nitrogens with two attached hydrogens (primary N) is 3. The molecule has 0 bridgehead atoms. The first-order valence-electron chi connectivity index (χ1n) is 16.3. The molecule has 4 aromatic rings. The molecular formula is C35H45ClN8O3S. The Balaban J connectivity index is 1.44. The monoisotopic (exact) mass is 692 g/mol. The standard InChI is InChI=1S/C35H45ClN8O3S/c1-43(35(46)29(39)9-4-5-11-37)31(18-24-21-41-30-10-3-2-8-27(24)30)33(45)42-22-25-17-26(44-13-15-47-16-14-44)19-28(36)32(25)48-34-23(20-38)7-6-12-40-34/h2-3,6-8,10,12,17,19,21,29,31,41H,4-5,9,11,13-16,18,20,22,37-39H2,1H3,(H,42,45)/t29-,31-/m0/s1. The van der Waals surface area contributed by atoms with Crippen LogP contribution in [0.4, 0.5) is 5.69 Å². The number of carbonyl (C=O) groups is 2. The minimum atomic E-state index is -0.814. The van der Waals surface area contributed by atoms with Crippen LogP contribution in [0.2, 0.25) is 5.02 Å². The van der Waals surface area contributed by atoms with Crippen LogP contribution >= 0.6 is 23.4 Å². The highest BCUT2D eigenvalue weighted by molar-refractivity contribution is 7.99. The molecule has 0 aliphatic carbocycles. The van der Waals surface area contributed by atoms with E-state index in [0.717, 1.165) is 69.1 Å². The van der Waals surface area contributed by atoms with E-state index in [1.165, 1.54) is 16.7 Å². The minimum Gasteiger partial charge on any atom is -0.378 e. The van der Waals surface area contributed by atoms with Crippen molar-refractivity contribution in [1.82, 2.24) is 20.2 Å². The molecule has 2 amide bonds. The highest BCUT2D eigenvalue weighted by Gasteiger charge is 2.31. The maximum absolute atomic E-state index is 14.2. The highest BCUT2D eigenvalue weighted by Crippen LogP contribution is 2.39. The Morgan fingerprint density at radius 3 is 2.67 bits per heavy atom. The van der Waals surface area contributed by atoms with Gasteiger partial charge in [0.1, 0.15) is 11.1 Å². The van der Waals surface area contributed by atoms with Crippen LogP contribution in [0.15, 0.2) is 70.8 Å². The van der Waals surface area contributed by atoms with E-state index in [1.54, 1.807) is 13.2 Å². The van der Waals surface area contributed by atoms with E-state index in [0.29, 0.717) is 44.2 Å². The Labute approximate surface area is 290 Å². The molecule has 13 heteroatoms. The molecule has 256 valence electrons. The van der Waals surface area contributed by atoms with Gasteiger partial charge in [-0.15, -0.1) is 0 Å². The van der Waals surface area contributed by atoms with Crippen molar-refractivity contribution in [2.75, 3.05) is 44.8 Å². The van der Waals surface area contributed by atoms with E-state index >= 15 is 0 Å². The first kappa shape index (κ1) is 35.7. The van der Waals surface area contributed by atoms with Crippen LogP contribution in [0, 0.1) is 0 Å². The minimum absolute atomic E-state index is 0.179. The number of benzene rings is 2. The number of para-hydroxylation sites is 1. The number of aromatic nitrogens is 2. The van der Waals surface area contributed by atoms with Crippen molar-refractivity contribution in [3.05, 3.63) is 82.6 Å². The molecule has 2 aromatic carbocycles. The number of nitrogens with zero attached hydrogens (tertiary/aromatic N) is 3. The Kier molecular flexibility index (Phi) is 12.7. The number of hydrogen-bond donors (Lipinski definition) is 5. The summed E-state index contributed by atoms with van der Waals surface area (Å²) in [6.45, 7) is 3.76. The number of halogens is 1. The molecule has 11 nitrogen and oxygen atoms in total. The molecular weight excluding hydrogens is 648 g/mol. The van der Waals surface area contributed by atoms with Gasteiger partial charge in [-0.2, -0.15) is 0 Å². The van der Waals surface area contributed by atoms with Crippen LogP contribution in [-0.2, 0) is 33.8 Å². The lowest BCUT2D eigenvalue weighted by Crippen LogP contribution is -2.53. The van der Waals surface area contributed by atoms with Crippen molar-refractivity contribution >= 4 is 51.8 Å². The summed E-state index contributed by atoms with van der Waals surface area (Å²) in [4.78, 5) is 40.1. The largest absolute Gasteiger partial charge is 0.378 e. The number of H-pyrrole nitrogens is 1. The predicted octanol–water partition coefficient (Wildman–Crippen LogP) is 3.81. The summed E-state index contributed by atoms with van der Waals surface area (Å²) in [6.07, 6.45) is 5.93. The van der Waals surface area contributed by atoms with Crippen molar-refractivity contribution in [3.8, 4) is 0 Å². The van der Waals surface area contributed by atoms with E-state index in [2.05, 4.69) is 26.3 Å². The predicted molar refractivity (Wildman–Crippen MR) is 192 cm³/mol. The molecule has 1 saturated heterocycles. The van der Waals surface area contributed by atoms with Gasteiger partial charge in [0.25, 0.3) is 0 Å². The second-order valence-electron chi connectivity index (χ2n) is 11.9. The third-order valence-corrected chi connectivity index (χ3v) is 10.4. The first-order valence-corrected chi connectivity index (χ1v) is 17.5. The lowest BCUT2D eigenvalue weighted by atomic mass is 10.0. The fourth-order valence-corrected chi connectivity index (χ4v) is 7.27. The van der Waals surface area contributed by atoms with Crippen molar-refractivity contribution in [2.45, 2.75) is 60.8 Å². The molecule has 2 atom stereocenters. The van der Waals surface area contributed by atoms with Gasteiger partial charge in [0, 0.05) is 73.5 Å². The van der Waals surface area contributed by atoms with Crippen molar-refractivity contribution in [2.24, 2.45) is 17.2 Å². The fourth-order valence-electron chi connectivity index (χ4n) is 5.91. The van der Waals surface area contributed by atoms with Crippen molar-refractivity contribution in [1.29, 1.82) is 0 Å². The van der Waals surface area contributed by atoms with Gasteiger partial charge in [0.05, 0.1) is 24.3 Å². The number of anilines is 1. The number of carbonyl (C=O) groups excluding carboxylic acids is 2. The number of likely N-dealkylation sites (N-methyl/N-ethyl adjacent to an activating group) is 1. The molecule has 0 radical (unpaired) electrons. The van der Waals surface area contributed by atoms with Gasteiger partial charge in [-0.05, 0) is 60.3 Å². The average Bonchev–Trinajstić information content (AvgIpc) is 3.53. The molecule has 1 aliphatic heterocycles. The van der Waals surface area contributed by atoms with Gasteiger partial charge in [0.2, 0.25) is 11.8 Å². The van der Waals surface area contributed by atoms with Crippen LogP contribution in [0.3, 0.4) is 0 Å². The molecule has 5 rings (SSSR count). The zero-order valence-electron chi connectivity index (χ0n) is 27.3. The van der Waals surface area contributed by atoms with E-state index in [9.17, 15) is 9.59 Å². The molecule has 1 fully saturated rings. The summed E-state index contributed by atoms with van der Waals surface area (Å²) < 4.78 is 5.57. The summed E-state index contributed by atoms with van der Waals surface area (Å²) in [5, 5.41) is 5.44. The first-order chi connectivity index (χ1) is 23.3. The molecule has 48 heavy (non-hydrogen) atoms. The van der Waals surface area contributed by atoms with Gasteiger partial charge < -0.3 is 42.0 Å². The SMILES string of the molecule is CN(C(=O)[C@@H](N)CCCCN)[C@@H](Cc1c[nH]c2ccccc12)C(=O)NCc1cc(N2CCOCC2)cc(Cl)c1Sc1ncccc1CN. The van der Waals surface area contributed by atoms with Gasteiger partial charge in [-0.1, -0.05) is 54.0 Å². The lowest BCUT2D eigenvalue weighted by Gasteiger charge is -2.31. The Morgan fingerprint density at radius 2 is 1.90 bits per heavy atom. The van der Waals surface area contributed by atoms with Crippen LogP contribution < -0.4 is 27.4 Å². The summed E-state index contributed by atoms with van der Waals surface area (Å²) in [5.74, 6) is -0.584. The van der Waals surface area contributed by atoms with Gasteiger partial charge in [-0.3, -0.25) is 9.59 Å². The fraction of sp³-hybridized carbons (Fsp3) is 0.400. The van der Waals surface area contributed by atoms with Crippen LogP contribution in [0.1, 0.15) is 36.0 Å². The second-order valence-corrected chi connectivity index (χ2v) is 13.3. The number of morpholine rings is 1. The number of amides is 2. The van der Waals surface area contributed by atoms with Gasteiger partial charge >= 0.3 is 0 Å². The summed E-state index contributed by atoms with van der Waals surface area (Å²) >= 11 is 8.40. The van der Waals surface area contributed by atoms with E-state index < -0.39 is 12.1 Å². The summed E-state index contributed by atoms with van der Waals surface area (Å²) in [5.41, 5.74) is 22.6. The lowest BCUT2D eigenvalue weighted by molar-refractivity contribution is -0.140. The third kappa shape index (κ3) is 8.68. The maximum atomic E-state index is 14.2. The quantitative estimate of drug-likeness (QED) is 0.116. The molecule has 8 N–H and O–H groups in total. The number of hydrogen-bond acceptors (Lipinski definition) is 9. The van der Waals surface area contributed by atoms with Crippen LogP contribution in [-0.4, -0.2) is 78.7 Å². The summed E-state index contributed by atoms with van der Waals surface area (Å²) in [7, 11) is 1.65. The number of ether oxygens (including phenoxy) is 1. The smallest absolute Gasteiger partial charge is 0.243 e. The second kappa shape index (κ2) is 17.1. The molecule has 2 aromatic heterocycles. The van der Waals surface area contributed by atoms with E-state index in [1.807, 2.05) is 48.7 Å². The third-order valence-electron chi connectivity index (χ3n) is 8.70. The van der Waals surface area contributed by atoms with Crippen LogP contribution in [0.5, 0.6) is 0 Å². The molecule has 0 spiro atoms. The Hall–Kier alpha value is -3.65. The summed E-state index contributed by atoms with van der Waals surface area (Å²) in [6, 6.07) is 14.2. The number of aromatic amines is 1. The highest BCUT2D eigenvalue weighted by atomic mass is 35.5. The number of nitrogens with one attached hydrogen (secondary N) is 2. The van der Waals surface area contributed by atoms with E-state index in [4.69, 9.17) is 33.5 Å². The molecule has 1 aliphatic rings. The normalized spacial score (nSPS) is 14.6. The van der Waals surface area contributed by atoms with Crippen molar-refractivity contribution in [3.63, 3.8) is 0 Å².